The van der Waals surface area contributed by atoms with Crippen molar-refractivity contribution in [3.8, 4) is 0 Å². The number of piperazine rings is 1. The molecule has 106 valence electrons. The summed E-state index contributed by atoms with van der Waals surface area (Å²) < 4.78 is 1.14. The van der Waals surface area contributed by atoms with Crippen molar-refractivity contribution in [2.24, 2.45) is 0 Å². The molecule has 0 amide bonds. The third kappa shape index (κ3) is 4.48. The van der Waals surface area contributed by atoms with Crippen LogP contribution in [-0.4, -0.2) is 43.7 Å². The second kappa shape index (κ2) is 7.27. The summed E-state index contributed by atoms with van der Waals surface area (Å²) in [6.45, 7) is 10.1. The first-order valence-electron chi connectivity index (χ1n) is 7.11. The molecule has 1 unspecified atom stereocenters. The van der Waals surface area contributed by atoms with Crippen LogP contribution in [0.1, 0.15) is 18.9 Å². The minimum absolute atomic E-state index is 0.658. The van der Waals surface area contributed by atoms with E-state index in [1.54, 1.807) is 0 Å². The summed E-state index contributed by atoms with van der Waals surface area (Å²) in [6, 6.07) is 7.05. The van der Waals surface area contributed by atoms with Gasteiger partial charge < -0.3 is 10.6 Å². The fraction of sp³-hybridized carbons (Fsp3) is 0.600. The molecule has 0 saturated carbocycles. The number of nitrogens with one attached hydrogen (secondary N) is 2. The molecule has 1 atom stereocenters. The van der Waals surface area contributed by atoms with Gasteiger partial charge in [0.1, 0.15) is 0 Å². The Labute approximate surface area is 124 Å². The summed E-state index contributed by atoms with van der Waals surface area (Å²) in [5.74, 6) is 0. The smallest absolute Gasteiger partial charge is 0.0370 e. The van der Waals surface area contributed by atoms with Crippen LogP contribution in [-0.2, 0) is 0 Å². The van der Waals surface area contributed by atoms with Gasteiger partial charge in [-0.25, -0.2) is 0 Å². The molecular formula is C15H24BrN3. The molecule has 1 aromatic carbocycles. The second-order valence-electron chi connectivity index (χ2n) is 5.31. The summed E-state index contributed by atoms with van der Waals surface area (Å²) in [7, 11) is 0. The van der Waals surface area contributed by atoms with Gasteiger partial charge in [-0.3, -0.25) is 4.90 Å². The number of hydrogen-bond donors (Lipinski definition) is 2. The molecule has 2 N–H and O–H groups in total. The molecule has 4 heteroatoms. The molecule has 0 spiro atoms. The van der Waals surface area contributed by atoms with Crippen LogP contribution in [0.15, 0.2) is 22.7 Å². The topological polar surface area (TPSA) is 27.3 Å². The van der Waals surface area contributed by atoms with Crippen molar-refractivity contribution in [1.29, 1.82) is 0 Å². The Kier molecular flexibility index (Phi) is 5.67. The number of rotatable bonds is 5. The molecular weight excluding hydrogens is 302 g/mol. The Morgan fingerprint density at radius 1 is 1.37 bits per heavy atom. The average Bonchev–Trinajstić information content (AvgIpc) is 2.42. The minimum atomic E-state index is 0.658. The van der Waals surface area contributed by atoms with Crippen molar-refractivity contribution in [3.63, 3.8) is 0 Å². The quantitative estimate of drug-likeness (QED) is 0.871. The Hall–Kier alpha value is -0.580. The fourth-order valence-corrected chi connectivity index (χ4v) is 3.02. The van der Waals surface area contributed by atoms with Crippen LogP contribution in [0.4, 0.5) is 5.69 Å². The van der Waals surface area contributed by atoms with Crippen LogP contribution in [0.5, 0.6) is 0 Å². The number of halogens is 1. The Bertz CT molecular complexity index is 402. The highest BCUT2D eigenvalue weighted by Crippen LogP contribution is 2.20. The lowest BCUT2D eigenvalue weighted by molar-refractivity contribution is 0.179. The van der Waals surface area contributed by atoms with Crippen molar-refractivity contribution < 1.29 is 0 Å². The molecule has 0 aromatic heterocycles. The summed E-state index contributed by atoms with van der Waals surface area (Å²) >= 11 is 3.50. The molecule has 19 heavy (non-hydrogen) atoms. The first-order valence-corrected chi connectivity index (χ1v) is 7.91. The second-order valence-corrected chi connectivity index (χ2v) is 6.23. The first kappa shape index (κ1) is 14.8. The van der Waals surface area contributed by atoms with Crippen molar-refractivity contribution in [1.82, 2.24) is 10.2 Å². The maximum atomic E-state index is 3.55. The van der Waals surface area contributed by atoms with Crippen molar-refractivity contribution in [3.05, 3.63) is 28.2 Å². The molecule has 3 nitrogen and oxygen atoms in total. The summed E-state index contributed by atoms with van der Waals surface area (Å²) in [5.41, 5.74) is 2.54. The van der Waals surface area contributed by atoms with E-state index < -0.39 is 0 Å². The van der Waals surface area contributed by atoms with E-state index in [0.717, 1.165) is 24.1 Å². The molecule has 1 aliphatic heterocycles. The van der Waals surface area contributed by atoms with Gasteiger partial charge in [-0.2, -0.15) is 0 Å². The van der Waals surface area contributed by atoms with E-state index in [4.69, 9.17) is 0 Å². The van der Waals surface area contributed by atoms with Gasteiger partial charge in [-0.1, -0.05) is 15.9 Å². The number of anilines is 1. The number of nitrogens with zero attached hydrogens (tertiary/aromatic N) is 1. The van der Waals surface area contributed by atoms with E-state index in [1.165, 1.54) is 30.8 Å². The number of benzene rings is 1. The van der Waals surface area contributed by atoms with Crippen LogP contribution in [0.3, 0.4) is 0 Å². The lowest BCUT2D eigenvalue weighted by Crippen LogP contribution is -2.47. The van der Waals surface area contributed by atoms with Gasteiger partial charge in [0.2, 0.25) is 0 Å². The van der Waals surface area contributed by atoms with E-state index in [1.807, 2.05) is 0 Å². The van der Waals surface area contributed by atoms with Crippen LogP contribution in [0.25, 0.3) is 0 Å². The van der Waals surface area contributed by atoms with Crippen molar-refractivity contribution in [2.45, 2.75) is 26.3 Å². The molecule has 2 rings (SSSR count). The van der Waals surface area contributed by atoms with Gasteiger partial charge >= 0.3 is 0 Å². The third-order valence-electron chi connectivity index (χ3n) is 3.84. The molecule has 1 heterocycles. The summed E-state index contributed by atoms with van der Waals surface area (Å²) in [6.07, 6.45) is 1.19. The Morgan fingerprint density at radius 2 is 2.11 bits per heavy atom. The Morgan fingerprint density at radius 3 is 2.79 bits per heavy atom. The van der Waals surface area contributed by atoms with Gasteiger partial charge in [0.05, 0.1) is 0 Å². The van der Waals surface area contributed by atoms with Gasteiger partial charge in [-0.05, 0) is 44.0 Å². The monoisotopic (exact) mass is 325 g/mol. The highest BCUT2D eigenvalue weighted by molar-refractivity contribution is 9.10. The third-order valence-corrected chi connectivity index (χ3v) is 4.33. The normalized spacial score (nSPS) is 18.3. The zero-order valence-electron chi connectivity index (χ0n) is 11.9. The van der Waals surface area contributed by atoms with Gasteiger partial charge in [0.15, 0.2) is 0 Å². The highest BCUT2D eigenvalue weighted by atomic mass is 79.9. The van der Waals surface area contributed by atoms with Crippen LogP contribution >= 0.6 is 15.9 Å². The largest absolute Gasteiger partial charge is 0.385 e. The number of hydrogen-bond acceptors (Lipinski definition) is 3. The van der Waals surface area contributed by atoms with Crippen molar-refractivity contribution in [2.75, 3.05) is 38.0 Å². The molecule has 1 saturated heterocycles. The SMILES string of the molecule is Cc1cc(Br)ccc1NCCC(C)N1CCNCC1. The zero-order chi connectivity index (χ0) is 13.7. The molecule has 0 radical (unpaired) electrons. The standard InChI is InChI=1S/C15H24BrN3/c1-12-11-14(16)3-4-15(12)18-6-5-13(2)19-9-7-17-8-10-19/h3-4,11,13,17-18H,5-10H2,1-2H3. The fourth-order valence-electron chi connectivity index (χ4n) is 2.55. The van der Waals surface area contributed by atoms with Crippen molar-refractivity contribution >= 4 is 21.6 Å². The van der Waals surface area contributed by atoms with Gasteiger partial charge in [-0.15, -0.1) is 0 Å². The van der Waals surface area contributed by atoms with E-state index in [9.17, 15) is 0 Å². The van der Waals surface area contributed by atoms with E-state index in [-0.39, 0.29) is 0 Å². The molecule has 1 aromatic rings. The zero-order valence-corrected chi connectivity index (χ0v) is 13.5. The Balaban J connectivity index is 1.76. The van der Waals surface area contributed by atoms with Gasteiger partial charge in [0, 0.05) is 48.9 Å². The predicted octanol–water partition coefficient (Wildman–Crippen LogP) is 2.85. The lowest BCUT2D eigenvalue weighted by atomic mass is 10.1. The minimum Gasteiger partial charge on any atom is -0.385 e. The maximum absolute atomic E-state index is 3.55. The molecule has 0 aliphatic carbocycles. The maximum Gasteiger partial charge on any atom is 0.0370 e. The first-order chi connectivity index (χ1) is 9.16. The average molecular weight is 326 g/mol. The van der Waals surface area contributed by atoms with E-state index in [2.05, 4.69) is 63.5 Å². The number of aryl methyl sites for hydroxylation is 1. The van der Waals surface area contributed by atoms with Gasteiger partial charge in [0.25, 0.3) is 0 Å². The molecule has 0 bridgehead atoms. The lowest BCUT2D eigenvalue weighted by Gasteiger charge is -2.33. The molecule has 1 fully saturated rings. The van der Waals surface area contributed by atoms with Crippen LogP contribution in [0.2, 0.25) is 0 Å². The van der Waals surface area contributed by atoms with Crippen LogP contribution < -0.4 is 10.6 Å². The summed E-state index contributed by atoms with van der Waals surface area (Å²) in [4.78, 5) is 2.58. The highest BCUT2D eigenvalue weighted by Gasteiger charge is 2.15. The van der Waals surface area contributed by atoms with E-state index >= 15 is 0 Å². The summed E-state index contributed by atoms with van der Waals surface area (Å²) in [5, 5.41) is 6.95. The predicted molar refractivity (Wildman–Crippen MR) is 85.9 cm³/mol. The van der Waals surface area contributed by atoms with E-state index in [0.29, 0.717) is 6.04 Å². The molecule has 1 aliphatic rings. The van der Waals surface area contributed by atoms with Crippen LogP contribution in [0, 0.1) is 6.92 Å².